The van der Waals surface area contributed by atoms with E-state index in [2.05, 4.69) is 10.0 Å². The molecule has 0 unspecified atom stereocenters. The highest BCUT2D eigenvalue weighted by molar-refractivity contribution is 7.92. The van der Waals surface area contributed by atoms with Crippen LogP contribution >= 0.6 is 0 Å². The van der Waals surface area contributed by atoms with Gasteiger partial charge < -0.3 is 14.6 Å². The lowest BCUT2D eigenvalue weighted by Crippen LogP contribution is -2.14. The largest absolute Gasteiger partial charge is 0.383 e. The molecule has 0 saturated carbocycles. The molecule has 3 rings (SSSR count). The van der Waals surface area contributed by atoms with Crippen LogP contribution in [0.1, 0.15) is 17.0 Å². The Morgan fingerprint density at radius 3 is 2.34 bits per heavy atom. The number of carbonyl (C=O) groups is 1. The Morgan fingerprint density at radius 1 is 1.11 bits per heavy atom. The topological polar surface area (TPSA) is 113 Å². The SMILES string of the molecule is COCCn1c(C)cc(C=C(C#N)C(=O)Nc2ccc(NS(=O)(=O)c3ccc(F)cc3)cc2)c1C. The maximum atomic E-state index is 13.1. The maximum absolute atomic E-state index is 13.1. The minimum absolute atomic E-state index is 0.0712. The van der Waals surface area contributed by atoms with Gasteiger partial charge in [-0.3, -0.25) is 9.52 Å². The van der Waals surface area contributed by atoms with Crippen molar-refractivity contribution in [1.29, 1.82) is 5.26 Å². The van der Waals surface area contributed by atoms with Gasteiger partial charge in [-0.15, -0.1) is 0 Å². The molecule has 1 amide bonds. The Labute approximate surface area is 203 Å². The third kappa shape index (κ3) is 6.35. The van der Waals surface area contributed by atoms with Crippen LogP contribution in [0.4, 0.5) is 15.8 Å². The van der Waals surface area contributed by atoms with Gasteiger partial charge >= 0.3 is 0 Å². The van der Waals surface area contributed by atoms with Crippen LogP contribution in [-0.2, 0) is 26.1 Å². The van der Waals surface area contributed by atoms with Gasteiger partial charge in [-0.1, -0.05) is 0 Å². The second-order valence-corrected chi connectivity index (χ2v) is 9.41. The van der Waals surface area contributed by atoms with Crippen molar-refractivity contribution in [3.8, 4) is 6.07 Å². The van der Waals surface area contributed by atoms with Crippen molar-refractivity contribution in [2.75, 3.05) is 23.8 Å². The lowest BCUT2D eigenvalue weighted by molar-refractivity contribution is -0.112. The third-order valence-corrected chi connectivity index (χ3v) is 6.71. The van der Waals surface area contributed by atoms with Gasteiger partial charge in [0.15, 0.2) is 0 Å². The highest BCUT2D eigenvalue weighted by Crippen LogP contribution is 2.21. The number of anilines is 2. The summed E-state index contributed by atoms with van der Waals surface area (Å²) in [4.78, 5) is 12.6. The normalized spacial score (nSPS) is 11.7. The molecule has 0 spiro atoms. The Balaban J connectivity index is 1.71. The van der Waals surface area contributed by atoms with Crippen molar-refractivity contribution in [3.05, 3.63) is 82.9 Å². The number of sulfonamides is 1. The zero-order valence-electron chi connectivity index (χ0n) is 19.5. The monoisotopic (exact) mass is 496 g/mol. The van der Waals surface area contributed by atoms with Gasteiger partial charge in [-0.05, 0) is 80.1 Å². The van der Waals surface area contributed by atoms with Gasteiger partial charge in [0, 0.05) is 36.4 Å². The molecule has 0 aliphatic heterocycles. The number of halogens is 1. The van der Waals surface area contributed by atoms with Crippen molar-refractivity contribution < 1.29 is 22.3 Å². The average Bonchev–Trinajstić information content (AvgIpc) is 3.09. The number of hydrogen-bond acceptors (Lipinski definition) is 5. The van der Waals surface area contributed by atoms with E-state index in [4.69, 9.17) is 4.74 Å². The van der Waals surface area contributed by atoms with Crippen LogP contribution in [0.2, 0.25) is 0 Å². The van der Waals surface area contributed by atoms with E-state index >= 15 is 0 Å². The number of aryl methyl sites for hydroxylation is 1. The fourth-order valence-electron chi connectivity index (χ4n) is 3.45. The number of rotatable bonds is 9. The summed E-state index contributed by atoms with van der Waals surface area (Å²) < 4.78 is 47.5. The number of aromatic nitrogens is 1. The number of nitrogens with zero attached hydrogens (tertiary/aromatic N) is 2. The van der Waals surface area contributed by atoms with Gasteiger partial charge in [-0.2, -0.15) is 5.26 Å². The lowest BCUT2D eigenvalue weighted by atomic mass is 10.1. The summed E-state index contributed by atoms with van der Waals surface area (Å²) in [6.45, 7) is 5.06. The van der Waals surface area contributed by atoms with Crippen molar-refractivity contribution >= 4 is 33.4 Å². The quantitative estimate of drug-likeness (QED) is 0.340. The van der Waals surface area contributed by atoms with Gasteiger partial charge in [0.25, 0.3) is 15.9 Å². The molecule has 10 heteroatoms. The molecule has 0 atom stereocenters. The molecule has 0 aliphatic carbocycles. The van der Waals surface area contributed by atoms with Crippen LogP contribution in [0.3, 0.4) is 0 Å². The van der Waals surface area contributed by atoms with E-state index in [-0.39, 0.29) is 16.2 Å². The predicted molar refractivity (Wildman–Crippen MR) is 132 cm³/mol. The van der Waals surface area contributed by atoms with Gasteiger partial charge in [0.05, 0.1) is 11.5 Å². The first kappa shape index (κ1) is 25.7. The summed E-state index contributed by atoms with van der Waals surface area (Å²) in [5, 5.41) is 12.2. The molecule has 3 aromatic rings. The molecular weight excluding hydrogens is 471 g/mol. The maximum Gasteiger partial charge on any atom is 0.266 e. The van der Waals surface area contributed by atoms with Crippen LogP contribution in [0.25, 0.3) is 6.08 Å². The van der Waals surface area contributed by atoms with Crippen LogP contribution in [0.5, 0.6) is 0 Å². The number of methoxy groups -OCH3 is 1. The third-order valence-electron chi connectivity index (χ3n) is 5.32. The highest BCUT2D eigenvalue weighted by Gasteiger charge is 2.15. The Bertz CT molecular complexity index is 1390. The van der Waals surface area contributed by atoms with E-state index in [9.17, 15) is 22.9 Å². The summed E-state index contributed by atoms with van der Waals surface area (Å²) in [5.41, 5.74) is 3.23. The lowest BCUT2D eigenvalue weighted by Gasteiger charge is -2.10. The fourth-order valence-corrected chi connectivity index (χ4v) is 4.51. The summed E-state index contributed by atoms with van der Waals surface area (Å²) in [7, 11) is -2.27. The van der Waals surface area contributed by atoms with Gasteiger partial charge in [0.1, 0.15) is 17.5 Å². The molecule has 1 heterocycles. The Hall–Kier alpha value is -3.94. The van der Waals surface area contributed by atoms with Gasteiger partial charge in [-0.25, -0.2) is 12.8 Å². The number of nitriles is 1. The molecule has 0 radical (unpaired) electrons. The fraction of sp³-hybridized carbons (Fsp3) is 0.200. The molecule has 0 aliphatic rings. The van der Waals surface area contributed by atoms with E-state index in [1.165, 1.54) is 30.3 Å². The molecule has 8 nitrogen and oxygen atoms in total. The first-order valence-electron chi connectivity index (χ1n) is 10.6. The molecule has 1 aromatic heterocycles. The van der Waals surface area contributed by atoms with E-state index in [0.717, 1.165) is 41.2 Å². The van der Waals surface area contributed by atoms with E-state index in [0.29, 0.717) is 18.8 Å². The summed E-state index contributed by atoms with van der Waals surface area (Å²) in [5.74, 6) is -1.13. The second kappa shape index (κ2) is 11.0. The minimum atomic E-state index is -3.90. The van der Waals surface area contributed by atoms with Crippen molar-refractivity contribution in [1.82, 2.24) is 4.57 Å². The smallest absolute Gasteiger partial charge is 0.266 e. The van der Waals surface area contributed by atoms with Crippen LogP contribution in [0.15, 0.2) is 65.1 Å². The second-order valence-electron chi connectivity index (χ2n) is 7.73. The summed E-state index contributed by atoms with van der Waals surface area (Å²) in [6.07, 6.45) is 1.53. The average molecular weight is 497 g/mol. The van der Waals surface area contributed by atoms with Crippen LogP contribution in [0, 0.1) is 31.0 Å². The van der Waals surface area contributed by atoms with E-state index < -0.39 is 21.7 Å². The number of hydrogen-bond donors (Lipinski definition) is 2. The van der Waals surface area contributed by atoms with Crippen LogP contribution in [-0.4, -0.2) is 32.6 Å². The molecule has 182 valence electrons. The molecule has 0 bridgehead atoms. The molecular formula is C25H25FN4O4S. The Morgan fingerprint density at radius 2 is 1.74 bits per heavy atom. The number of ether oxygens (including phenoxy) is 1. The van der Waals surface area contributed by atoms with E-state index in [1.807, 2.05) is 30.6 Å². The zero-order valence-corrected chi connectivity index (χ0v) is 20.3. The summed E-state index contributed by atoms with van der Waals surface area (Å²) >= 11 is 0. The first-order valence-corrected chi connectivity index (χ1v) is 12.1. The molecule has 0 saturated heterocycles. The first-order chi connectivity index (χ1) is 16.6. The van der Waals surface area contributed by atoms with Crippen LogP contribution < -0.4 is 10.0 Å². The molecule has 35 heavy (non-hydrogen) atoms. The van der Waals surface area contributed by atoms with E-state index in [1.54, 1.807) is 7.11 Å². The predicted octanol–water partition coefficient (Wildman–Crippen LogP) is 4.24. The number of carbonyl (C=O) groups excluding carboxylic acids is 1. The summed E-state index contributed by atoms with van der Waals surface area (Å²) in [6, 6.07) is 14.2. The number of nitrogens with one attached hydrogen (secondary N) is 2. The van der Waals surface area contributed by atoms with Crippen molar-refractivity contribution in [2.45, 2.75) is 25.3 Å². The highest BCUT2D eigenvalue weighted by atomic mass is 32.2. The van der Waals surface area contributed by atoms with Gasteiger partial charge in [0.2, 0.25) is 0 Å². The number of amides is 1. The zero-order chi connectivity index (χ0) is 25.6. The van der Waals surface area contributed by atoms with Crippen molar-refractivity contribution in [2.24, 2.45) is 0 Å². The molecule has 0 fully saturated rings. The Kier molecular flexibility index (Phi) is 8.06. The van der Waals surface area contributed by atoms with Crippen molar-refractivity contribution in [3.63, 3.8) is 0 Å². The standard InChI is InChI=1S/C25H25FN4O4S/c1-17-14-19(18(2)30(17)12-13-34-3)15-20(16-27)25(31)28-22-6-8-23(9-7-22)29-35(32,33)24-10-4-21(26)5-11-24/h4-11,14-15,29H,12-13H2,1-3H3,(H,28,31). The molecule has 2 aromatic carbocycles. The minimum Gasteiger partial charge on any atom is -0.383 e. The number of benzene rings is 2. The molecule has 2 N–H and O–H groups in total.